The van der Waals surface area contributed by atoms with E-state index < -0.39 is 11.4 Å². The number of Topliss-reactive ketones (excluding diaryl/α,β-unsaturated/α-hetero) is 1. The number of fused-ring (bicyclic) bond motifs is 1. The maximum Gasteiger partial charge on any atom is 0.320 e. The topological polar surface area (TPSA) is 43.4 Å². The van der Waals surface area contributed by atoms with E-state index in [0.717, 1.165) is 12.0 Å². The Bertz CT molecular complexity index is 394. The fraction of sp³-hybridized carbons (Fsp3) is 0.538. The van der Waals surface area contributed by atoms with Crippen molar-refractivity contribution in [3.8, 4) is 0 Å². The number of carbonyl (C=O) groups excluding carboxylic acids is 2. The molecule has 86 valence electrons. The number of ether oxygens (including phenoxy) is 1. The molecule has 2 aliphatic rings. The molecule has 1 saturated carbocycles. The number of esters is 1. The molecule has 1 fully saturated rings. The Hall–Kier alpha value is -1.38. The maximum atomic E-state index is 12.1. The molecular formula is C13H16O3. The van der Waals surface area contributed by atoms with E-state index in [1.54, 1.807) is 0 Å². The van der Waals surface area contributed by atoms with Crippen molar-refractivity contribution in [3.05, 3.63) is 24.3 Å². The lowest BCUT2D eigenvalue weighted by Gasteiger charge is -2.31. The third-order valence-corrected chi connectivity index (χ3v) is 3.81. The van der Waals surface area contributed by atoms with Crippen molar-refractivity contribution >= 4 is 11.8 Å². The Morgan fingerprint density at radius 1 is 1.56 bits per heavy atom. The Balaban J connectivity index is 2.51. The van der Waals surface area contributed by atoms with Crippen LogP contribution in [-0.2, 0) is 14.3 Å². The molecule has 0 radical (unpaired) electrons. The Morgan fingerprint density at radius 3 is 2.81 bits per heavy atom. The van der Waals surface area contributed by atoms with Gasteiger partial charge in [0.05, 0.1) is 7.11 Å². The summed E-state index contributed by atoms with van der Waals surface area (Å²) in [7, 11) is 1.34. The van der Waals surface area contributed by atoms with Gasteiger partial charge in [-0.25, -0.2) is 0 Å². The van der Waals surface area contributed by atoms with Gasteiger partial charge in [0.15, 0.2) is 5.78 Å². The predicted molar refractivity (Wildman–Crippen MR) is 59.6 cm³/mol. The van der Waals surface area contributed by atoms with Gasteiger partial charge in [-0.05, 0) is 13.3 Å². The van der Waals surface area contributed by atoms with Crippen LogP contribution in [0.2, 0.25) is 0 Å². The van der Waals surface area contributed by atoms with E-state index in [2.05, 4.69) is 6.58 Å². The largest absolute Gasteiger partial charge is 0.468 e. The first-order chi connectivity index (χ1) is 7.55. The molecule has 0 aromatic carbocycles. The molecule has 0 bridgehead atoms. The van der Waals surface area contributed by atoms with E-state index in [1.165, 1.54) is 7.11 Å². The van der Waals surface area contributed by atoms with Gasteiger partial charge in [0.25, 0.3) is 0 Å². The van der Waals surface area contributed by atoms with Gasteiger partial charge in [-0.3, -0.25) is 9.59 Å². The Morgan fingerprint density at radius 2 is 2.25 bits per heavy atom. The molecule has 3 nitrogen and oxygen atoms in total. The van der Waals surface area contributed by atoms with Gasteiger partial charge in [0.2, 0.25) is 0 Å². The minimum absolute atomic E-state index is 0.00218. The molecule has 2 rings (SSSR count). The van der Waals surface area contributed by atoms with Gasteiger partial charge < -0.3 is 4.74 Å². The highest BCUT2D eigenvalue weighted by Crippen LogP contribution is 2.54. The summed E-state index contributed by atoms with van der Waals surface area (Å²) in [5.74, 6) is -0.602. The van der Waals surface area contributed by atoms with E-state index in [-0.39, 0.29) is 17.6 Å². The van der Waals surface area contributed by atoms with Crippen molar-refractivity contribution in [2.45, 2.75) is 19.8 Å². The third kappa shape index (κ3) is 1.14. The number of methoxy groups -OCH3 is 1. The molecule has 2 aliphatic carbocycles. The lowest BCUT2D eigenvalue weighted by molar-refractivity contribution is -0.159. The first-order valence-electron chi connectivity index (χ1n) is 5.50. The quantitative estimate of drug-likeness (QED) is 0.405. The summed E-state index contributed by atoms with van der Waals surface area (Å²) in [5.41, 5.74) is -0.153. The molecule has 0 spiro atoms. The highest BCUT2D eigenvalue weighted by atomic mass is 16.5. The highest BCUT2D eigenvalue weighted by Gasteiger charge is 2.62. The van der Waals surface area contributed by atoms with Gasteiger partial charge in [0.1, 0.15) is 5.41 Å². The second-order valence-corrected chi connectivity index (χ2v) is 4.64. The van der Waals surface area contributed by atoms with Crippen LogP contribution >= 0.6 is 0 Å². The standard InChI is InChI=1S/C13H16O3/c1-8(2)10-6-4-9-5-7-11(14)13(9,10)12(15)16-3/h4,6,9-10H,1,5,7H2,2-3H3. The molecule has 0 aromatic rings. The number of allylic oxidation sites excluding steroid dienone is 3. The van der Waals surface area contributed by atoms with Crippen LogP contribution in [0.25, 0.3) is 0 Å². The van der Waals surface area contributed by atoms with Crippen molar-refractivity contribution in [1.82, 2.24) is 0 Å². The van der Waals surface area contributed by atoms with Crippen molar-refractivity contribution in [1.29, 1.82) is 0 Å². The Labute approximate surface area is 95.2 Å². The average Bonchev–Trinajstić information content (AvgIpc) is 2.77. The third-order valence-electron chi connectivity index (χ3n) is 3.81. The van der Waals surface area contributed by atoms with Crippen LogP contribution in [0, 0.1) is 17.3 Å². The molecule has 0 aromatic heterocycles. The summed E-state index contributed by atoms with van der Waals surface area (Å²) < 4.78 is 4.85. The summed E-state index contributed by atoms with van der Waals surface area (Å²) in [5, 5.41) is 0. The number of hydrogen-bond donors (Lipinski definition) is 0. The Kier molecular flexibility index (Phi) is 2.49. The highest BCUT2D eigenvalue weighted by molar-refractivity contribution is 6.07. The zero-order chi connectivity index (χ0) is 11.9. The predicted octanol–water partition coefficient (Wildman–Crippen LogP) is 1.89. The molecule has 0 amide bonds. The second-order valence-electron chi connectivity index (χ2n) is 4.64. The molecule has 3 atom stereocenters. The smallest absolute Gasteiger partial charge is 0.320 e. The summed E-state index contributed by atoms with van der Waals surface area (Å²) in [6.07, 6.45) is 5.12. The second kappa shape index (κ2) is 3.58. The summed E-state index contributed by atoms with van der Waals surface area (Å²) in [6, 6.07) is 0. The van der Waals surface area contributed by atoms with Crippen LogP contribution in [0.5, 0.6) is 0 Å². The summed E-state index contributed by atoms with van der Waals surface area (Å²) in [4.78, 5) is 24.1. The minimum Gasteiger partial charge on any atom is -0.468 e. The molecular weight excluding hydrogens is 204 g/mol. The van der Waals surface area contributed by atoms with Crippen molar-refractivity contribution in [2.24, 2.45) is 17.3 Å². The average molecular weight is 220 g/mol. The normalized spacial score (nSPS) is 36.2. The molecule has 0 heterocycles. The van der Waals surface area contributed by atoms with E-state index in [0.29, 0.717) is 6.42 Å². The monoisotopic (exact) mass is 220 g/mol. The molecule has 16 heavy (non-hydrogen) atoms. The van der Waals surface area contributed by atoms with Crippen molar-refractivity contribution < 1.29 is 14.3 Å². The van der Waals surface area contributed by atoms with Crippen LogP contribution in [-0.4, -0.2) is 18.9 Å². The maximum absolute atomic E-state index is 12.1. The number of hydrogen-bond acceptors (Lipinski definition) is 3. The van der Waals surface area contributed by atoms with Gasteiger partial charge in [-0.2, -0.15) is 0 Å². The lowest BCUT2D eigenvalue weighted by Crippen LogP contribution is -2.44. The first kappa shape index (κ1) is 11.1. The first-order valence-corrected chi connectivity index (χ1v) is 5.50. The minimum atomic E-state index is -0.999. The van der Waals surface area contributed by atoms with Crippen LogP contribution in [0.15, 0.2) is 24.3 Å². The van der Waals surface area contributed by atoms with E-state index in [9.17, 15) is 9.59 Å². The van der Waals surface area contributed by atoms with Crippen molar-refractivity contribution in [2.75, 3.05) is 7.11 Å². The van der Waals surface area contributed by atoms with Crippen molar-refractivity contribution in [3.63, 3.8) is 0 Å². The van der Waals surface area contributed by atoms with Crippen LogP contribution in [0.4, 0.5) is 0 Å². The molecule has 3 unspecified atom stereocenters. The van der Waals surface area contributed by atoms with Crippen LogP contribution in [0.3, 0.4) is 0 Å². The zero-order valence-electron chi connectivity index (χ0n) is 9.66. The number of carbonyl (C=O) groups is 2. The number of rotatable bonds is 2. The fourth-order valence-corrected chi connectivity index (χ4v) is 3.09. The molecule has 0 aliphatic heterocycles. The molecule has 0 N–H and O–H groups in total. The SMILES string of the molecule is C=C(C)C1C=CC2CCC(=O)C21C(=O)OC. The summed E-state index contributed by atoms with van der Waals surface area (Å²) >= 11 is 0. The van der Waals surface area contributed by atoms with E-state index >= 15 is 0 Å². The van der Waals surface area contributed by atoms with Gasteiger partial charge in [0, 0.05) is 18.3 Å². The van der Waals surface area contributed by atoms with Gasteiger partial charge in [-0.15, -0.1) is 0 Å². The molecule has 0 saturated heterocycles. The van der Waals surface area contributed by atoms with Crippen LogP contribution < -0.4 is 0 Å². The zero-order valence-corrected chi connectivity index (χ0v) is 9.66. The molecule has 3 heteroatoms. The number of ketones is 1. The van der Waals surface area contributed by atoms with E-state index in [4.69, 9.17) is 4.74 Å². The summed E-state index contributed by atoms with van der Waals surface area (Å²) in [6.45, 7) is 5.74. The van der Waals surface area contributed by atoms with Crippen LogP contribution in [0.1, 0.15) is 19.8 Å². The van der Waals surface area contributed by atoms with Gasteiger partial charge >= 0.3 is 5.97 Å². The fourth-order valence-electron chi connectivity index (χ4n) is 3.09. The lowest BCUT2D eigenvalue weighted by atomic mass is 9.69. The van der Waals surface area contributed by atoms with E-state index in [1.807, 2.05) is 19.1 Å². The van der Waals surface area contributed by atoms with Gasteiger partial charge in [-0.1, -0.05) is 24.3 Å².